The quantitative estimate of drug-likeness (QED) is 0.273. The Hall–Kier alpha value is -2.49. The summed E-state index contributed by atoms with van der Waals surface area (Å²) in [6, 6.07) is 15.2. The summed E-state index contributed by atoms with van der Waals surface area (Å²) in [5.41, 5.74) is 1.63. The molecule has 1 heterocycles. The molecule has 3 N–H and O–H groups in total. The second-order valence-electron chi connectivity index (χ2n) is 7.03. The van der Waals surface area contributed by atoms with Crippen molar-refractivity contribution >= 4 is 35.8 Å². The Bertz CT molecular complexity index is 875. The van der Waals surface area contributed by atoms with Crippen molar-refractivity contribution in [2.45, 2.75) is 32.9 Å². The Morgan fingerprint density at radius 1 is 1.06 bits per heavy atom. The normalized spacial score (nSPS) is 14.9. The van der Waals surface area contributed by atoms with Gasteiger partial charge in [-0.2, -0.15) is 0 Å². The number of aliphatic imine (C=N–C) groups is 1. The Kier molecular flexibility index (Phi) is 10.4. The summed E-state index contributed by atoms with van der Waals surface area (Å²) in [5.74, 6) is 2.18. The molecule has 0 aliphatic carbocycles. The van der Waals surface area contributed by atoms with Gasteiger partial charge in [0.2, 0.25) is 0 Å². The molecule has 3 rings (SSSR count). The number of guanidine groups is 1. The van der Waals surface area contributed by atoms with Crippen molar-refractivity contribution in [2.24, 2.45) is 4.99 Å². The van der Waals surface area contributed by atoms with Crippen molar-refractivity contribution in [3.8, 4) is 11.5 Å². The fourth-order valence-electron chi connectivity index (χ4n) is 3.04. The molecule has 1 unspecified atom stereocenters. The van der Waals surface area contributed by atoms with E-state index in [2.05, 4.69) is 20.9 Å². The number of halogens is 1. The van der Waals surface area contributed by atoms with Crippen molar-refractivity contribution in [1.82, 2.24) is 16.0 Å². The molecule has 0 spiro atoms. The number of para-hydroxylation sites is 2. The van der Waals surface area contributed by atoms with Crippen LogP contribution in [0.15, 0.2) is 53.5 Å². The molecule has 2 aromatic rings. The summed E-state index contributed by atoms with van der Waals surface area (Å²) in [5, 5.41) is 9.45. The molecule has 7 nitrogen and oxygen atoms in total. The first-order chi connectivity index (χ1) is 14.7. The van der Waals surface area contributed by atoms with Crippen molar-refractivity contribution in [2.75, 3.05) is 26.2 Å². The zero-order valence-corrected chi connectivity index (χ0v) is 20.3. The molecule has 0 fully saturated rings. The third-order valence-corrected chi connectivity index (χ3v) is 4.55. The highest BCUT2D eigenvalue weighted by molar-refractivity contribution is 14.0. The molecule has 1 atom stereocenters. The van der Waals surface area contributed by atoms with E-state index in [0.717, 1.165) is 30.0 Å². The monoisotopic (exact) mass is 538 g/mol. The van der Waals surface area contributed by atoms with Crippen LogP contribution in [0.2, 0.25) is 0 Å². The van der Waals surface area contributed by atoms with Crippen molar-refractivity contribution < 1.29 is 14.3 Å². The number of hydrogen-bond acceptors (Lipinski definition) is 4. The van der Waals surface area contributed by atoms with Crippen LogP contribution < -0.4 is 25.4 Å². The predicted octanol–water partition coefficient (Wildman–Crippen LogP) is 3.34. The number of carbonyl (C=O) groups excluding carboxylic acids is 1. The molecular weight excluding hydrogens is 507 g/mol. The van der Waals surface area contributed by atoms with Gasteiger partial charge in [0.05, 0.1) is 13.1 Å². The van der Waals surface area contributed by atoms with Crippen LogP contribution in [0.4, 0.5) is 0 Å². The third kappa shape index (κ3) is 7.61. The summed E-state index contributed by atoms with van der Waals surface area (Å²) in [4.78, 5) is 16.8. The predicted molar refractivity (Wildman–Crippen MR) is 134 cm³/mol. The van der Waals surface area contributed by atoms with Crippen LogP contribution in [0.3, 0.4) is 0 Å². The summed E-state index contributed by atoms with van der Waals surface area (Å²) in [6.45, 7) is 6.99. The zero-order valence-electron chi connectivity index (χ0n) is 18.0. The zero-order chi connectivity index (χ0) is 21.2. The molecule has 31 heavy (non-hydrogen) atoms. The molecular formula is C23H31IN4O3. The second-order valence-corrected chi connectivity index (χ2v) is 7.03. The van der Waals surface area contributed by atoms with Gasteiger partial charge in [-0.15, -0.1) is 24.0 Å². The maximum atomic E-state index is 12.2. The third-order valence-electron chi connectivity index (χ3n) is 4.55. The Balaban J connectivity index is 0.00000341. The van der Waals surface area contributed by atoms with Crippen LogP contribution in [0.25, 0.3) is 0 Å². The van der Waals surface area contributed by atoms with E-state index in [-0.39, 0.29) is 36.0 Å². The lowest BCUT2D eigenvalue weighted by molar-refractivity contribution is 0.0936. The van der Waals surface area contributed by atoms with E-state index in [1.165, 1.54) is 0 Å². The topological polar surface area (TPSA) is 84.0 Å². The van der Waals surface area contributed by atoms with Gasteiger partial charge in [0.1, 0.15) is 12.7 Å². The van der Waals surface area contributed by atoms with Gasteiger partial charge >= 0.3 is 0 Å². The molecule has 0 saturated carbocycles. The number of benzene rings is 2. The lowest BCUT2D eigenvalue weighted by atomic mass is 10.1. The fraction of sp³-hybridized carbons (Fsp3) is 0.391. The van der Waals surface area contributed by atoms with Gasteiger partial charge in [-0.25, -0.2) is 4.99 Å². The molecule has 0 radical (unpaired) electrons. The van der Waals surface area contributed by atoms with Gasteiger partial charge in [0.15, 0.2) is 17.5 Å². The molecule has 8 heteroatoms. The number of fused-ring (bicyclic) bond motifs is 1. The number of nitrogens with one attached hydrogen (secondary N) is 3. The highest BCUT2D eigenvalue weighted by Crippen LogP contribution is 2.30. The molecule has 1 aliphatic rings. The van der Waals surface area contributed by atoms with Gasteiger partial charge in [-0.1, -0.05) is 31.2 Å². The number of rotatable bonds is 8. The standard InChI is InChI=1S/C23H30N4O3.HI/c1-3-12-25-22(28)18-9-7-8-17(13-18)14-26-23(24-4-2)27-15-19-16-29-20-10-5-6-11-21(20)30-19;/h5-11,13,19H,3-4,12,14-16H2,1-2H3,(H,25,28)(H2,24,26,27);1H. The minimum absolute atomic E-state index is 0. The number of ether oxygens (including phenoxy) is 2. The SMILES string of the molecule is CCCNC(=O)c1cccc(CN=C(NCC)NCC2COc3ccccc3O2)c1.I. The van der Waals surface area contributed by atoms with Crippen molar-refractivity contribution in [3.63, 3.8) is 0 Å². The maximum Gasteiger partial charge on any atom is 0.251 e. The summed E-state index contributed by atoms with van der Waals surface area (Å²) < 4.78 is 11.7. The largest absolute Gasteiger partial charge is 0.486 e. The number of carbonyl (C=O) groups is 1. The molecule has 1 aliphatic heterocycles. The van der Waals surface area contributed by atoms with E-state index in [4.69, 9.17) is 9.47 Å². The van der Waals surface area contributed by atoms with E-state index in [1.54, 1.807) is 0 Å². The lowest BCUT2D eigenvalue weighted by Gasteiger charge is -2.27. The highest BCUT2D eigenvalue weighted by Gasteiger charge is 2.20. The van der Waals surface area contributed by atoms with Crippen LogP contribution in [0, 0.1) is 0 Å². The average molecular weight is 538 g/mol. The molecule has 168 valence electrons. The van der Waals surface area contributed by atoms with Crippen LogP contribution >= 0.6 is 24.0 Å². The highest BCUT2D eigenvalue weighted by atomic mass is 127. The number of amides is 1. The molecule has 1 amide bonds. The van der Waals surface area contributed by atoms with E-state index in [9.17, 15) is 4.79 Å². The molecule has 0 aromatic heterocycles. The van der Waals surface area contributed by atoms with E-state index in [0.29, 0.717) is 37.8 Å². The lowest BCUT2D eigenvalue weighted by Crippen LogP contribution is -2.45. The van der Waals surface area contributed by atoms with Crippen molar-refractivity contribution in [1.29, 1.82) is 0 Å². The van der Waals surface area contributed by atoms with Gasteiger partial charge in [-0.3, -0.25) is 4.79 Å². The van der Waals surface area contributed by atoms with Crippen LogP contribution in [-0.2, 0) is 6.54 Å². The fourth-order valence-corrected chi connectivity index (χ4v) is 3.04. The van der Waals surface area contributed by atoms with Crippen LogP contribution in [0.1, 0.15) is 36.2 Å². The van der Waals surface area contributed by atoms with Crippen LogP contribution in [0.5, 0.6) is 11.5 Å². The number of nitrogens with zero attached hydrogens (tertiary/aromatic N) is 1. The van der Waals surface area contributed by atoms with E-state index in [1.807, 2.05) is 62.4 Å². The molecule has 0 saturated heterocycles. The Labute approximate surface area is 201 Å². The van der Waals surface area contributed by atoms with Gasteiger partial charge < -0.3 is 25.4 Å². The molecule has 0 bridgehead atoms. The second kappa shape index (κ2) is 13.0. The first-order valence-corrected chi connectivity index (χ1v) is 10.5. The first-order valence-electron chi connectivity index (χ1n) is 10.5. The number of hydrogen-bond donors (Lipinski definition) is 3. The summed E-state index contributed by atoms with van der Waals surface area (Å²) >= 11 is 0. The van der Waals surface area contributed by atoms with Gasteiger partial charge in [0.25, 0.3) is 5.91 Å². The summed E-state index contributed by atoms with van der Waals surface area (Å²) in [6.07, 6.45) is 0.809. The van der Waals surface area contributed by atoms with E-state index >= 15 is 0 Å². The Morgan fingerprint density at radius 2 is 1.87 bits per heavy atom. The van der Waals surface area contributed by atoms with Gasteiger partial charge in [0, 0.05) is 18.7 Å². The first kappa shape index (κ1) is 24.8. The summed E-state index contributed by atoms with van der Waals surface area (Å²) in [7, 11) is 0. The minimum atomic E-state index is -0.102. The van der Waals surface area contributed by atoms with Crippen LogP contribution in [-0.4, -0.2) is 44.2 Å². The minimum Gasteiger partial charge on any atom is -0.486 e. The van der Waals surface area contributed by atoms with E-state index < -0.39 is 0 Å². The van der Waals surface area contributed by atoms with Crippen molar-refractivity contribution in [3.05, 3.63) is 59.7 Å². The van der Waals surface area contributed by atoms with Gasteiger partial charge in [-0.05, 0) is 43.2 Å². The maximum absolute atomic E-state index is 12.2. The molecule has 2 aromatic carbocycles. The smallest absolute Gasteiger partial charge is 0.251 e. The Morgan fingerprint density at radius 3 is 2.65 bits per heavy atom. The average Bonchev–Trinajstić information content (AvgIpc) is 2.79.